The Kier molecular flexibility index (Phi) is 10.3. The lowest BCUT2D eigenvalue weighted by Crippen LogP contribution is -2.62. The molecule has 1 aromatic heterocycles. The van der Waals surface area contributed by atoms with E-state index in [1.807, 2.05) is 19.9 Å². The summed E-state index contributed by atoms with van der Waals surface area (Å²) >= 11 is 0. The van der Waals surface area contributed by atoms with Crippen molar-refractivity contribution in [2.75, 3.05) is 20.3 Å². The molecule has 1 aromatic rings. The lowest BCUT2D eigenvalue weighted by atomic mass is 9.46. The highest BCUT2D eigenvalue weighted by atomic mass is 16.7. The van der Waals surface area contributed by atoms with Crippen LogP contribution in [0.3, 0.4) is 0 Å². The standard InChI is InChI=1S/C33H46O16/c1-32(16-9-21(49-29(16)42)33(2)15(28(41)43-3)5-4-6-20(32)33)10-17(14-7-8-44-12-14)46-31-27(40)25(38)23(36)19(48-31)13-45-30-26(39)24(37)22(35)18(11-34)47-30/h5,7-8,12,16-27,30-31,34-40H,4,6,9-11,13H2,1-3H3/t16-,17+,18+,19+,20-,21-,22+,23+,24-,25-,26+,27+,30+,31+,32+,33-/m0/s1. The smallest absolute Gasteiger partial charge is 0.334 e. The van der Waals surface area contributed by atoms with Gasteiger partial charge in [0.15, 0.2) is 12.6 Å². The number of furan rings is 1. The van der Waals surface area contributed by atoms with Crippen molar-refractivity contribution in [3.8, 4) is 0 Å². The molecule has 6 rings (SSSR count). The topological polar surface area (TPSA) is 244 Å². The second kappa shape index (κ2) is 13.9. The van der Waals surface area contributed by atoms with Gasteiger partial charge in [-0.25, -0.2) is 4.79 Å². The number of carbonyl (C=O) groups excluding carboxylic acids is 2. The van der Waals surface area contributed by atoms with E-state index >= 15 is 0 Å². The predicted octanol–water partition coefficient (Wildman–Crippen LogP) is -1.18. The third-order valence-electron chi connectivity index (χ3n) is 11.5. The molecule has 3 aliphatic heterocycles. The van der Waals surface area contributed by atoms with Crippen LogP contribution in [0.4, 0.5) is 0 Å². The maximum atomic E-state index is 13.4. The first-order valence-corrected chi connectivity index (χ1v) is 16.5. The first kappa shape index (κ1) is 36.3. The zero-order valence-corrected chi connectivity index (χ0v) is 27.4. The molecule has 16 atom stereocenters. The number of rotatable bonds is 10. The van der Waals surface area contributed by atoms with Crippen LogP contribution in [0.1, 0.15) is 51.2 Å². The van der Waals surface area contributed by atoms with Crippen LogP contribution in [0.15, 0.2) is 34.7 Å². The number of allylic oxidation sites excluding steroid dienone is 1. The molecular weight excluding hydrogens is 652 g/mol. The lowest BCUT2D eigenvalue weighted by Gasteiger charge is -2.56. The molecule has 5 aliphatic rings. The fourth-order valence-corrected chi connectivity index (χ4v) is 8.77. The number of fused-ring (bicyclic) bond motifs is 4. The van der Waals surface area contributed by atoms with Gasteiger partial charge in [-0.15, -0.1) is 0 Å². The summed E-state index contributed by atoms with van der Waals surface area (Å²) in [6, 6.07) is 1.66. The minimum absolute atomic E-state index is 0.186. The third-order valence-corrected chi connectivity index (χ3v) is 11.5. The molecule has 0 radical (unpaired) electrons. The number of ether oxygens (including phenoxy) is 6. The maximum Gasteiger partial charge on any atom is 0.334 e. The van der Waals surface area contributed by atoms with Gasteiger partial charge in [-0.2, -0.15) is 0 Å². The Morgan fingerprint density at radius 1 is 0.980 bits per heavy atom. The Bertz CT molecular complexity index is 1370. The highest BCUT2D eigenvalue weighted by Gasteiger charge is 2.67. The Labute approximate surface area is 282 Å². The summed E-state index contributed by atoms with van der Waals surface area (Å²) in [4.78, 5) is 26.4. The van der Waals surface area contributed by atoms with E-state index in [-0.39, 0.29) is 18.3 Å². The number of aliphatic hydroxyl groups excluding tert-OH is 7. The Hall–Kier alpha value is -2.48. The predicted molar refractivity (Wildman–Crippen MR) is 161 cm³/mol. The number of carbonyl (C=O) groups is 2. The van der Waals surface area contributed by atoms with Crippen LogP contribution < -0.4 is 0 Å². The first-order chi connectivity index (χ1) is 23.3. The summed E-state index contributed by atoms with van der Waals surface area (Å²) in [6.45, 7) is 2.69. The van der Waals surface area contributed by atoms with Crippen LogP contribution in [0.5, 0.6) is 0 Å². The van der Waals surface area contributed by atoms with Gasteiger partial charge in [0.2, 0.25) is 0 Å². The van der Waals surface area contributed by atoms with Crippen LogP contribution in [0.2, 0.25) is 0 Å². The van der Waals surface area contributed by atoms with Crippen molar-refractivity contribution in [1.82, 2.24) is 0 Å². The number of aliphatic hydroxyl groups is 7. The summed E-state index contributed by atoms with van der Waals surface area (Å²) in [5.41, 5.74) is -0.654. The Morgan fingerprint density at radius 3 is 2.31 bits per heavy atom. The summed E-state index contributed by atoms with van der Waals surface area (Å²) in [5.74, 6) is -1.62. The largest absolute Gasteiger partial charge is 0.472 e. The summed E-state index contributed by atoms with van der Waals surface area (Å²) in [7, 11) is 1.31. The van der Waals surface area contributed by atoms with E-state index in [4.69, 9.17) is 32.8 Å². The van der Waals surface area contributed by atoms with Gasteiger partial charge in [0.25, 0.3) is 0 Å². The van der Waals surface area contributed by atoms with Gasteiger partial charge in [-0.05, 0) is 43.1 Å². The van der Waals surface area contributed by atoms with Gasteiger partial charge < -0.3 is 68.6 Å². The Balaban J connectivity index is 1.24. The molecule has 3 saturated heterocycles. The van der Waals surface area contributed by atoms with E-state index in [1.54, 1.807) is 6.07 Å². The van der Waals surface area contributed by atoms with Crippen LogP contribution in [0, 0.1) is 22.7 Å². The first-order valence-electron chi connectivity index (χ1n) is 16.5. The van der Waals surface area contributed by atoms with Crippen LogP contribution in [0.25, 0.3) is 0 Å². The average molecular weight is 699 g/mol. The molecule has 49 heavy (non-hydrogen) atoms. The third kappa shape index (κ3) is 6.14. The van der Waals surface area contributed by atoms with Crippen LogP contribution in [-0.4, -0.2) is 136 Å². The fourth-order valence-electron chi connectivity index (χ4n) is 8.77. The second-order valence-corrected chi connectivity index (χ2v) is 14.2. The molecule has 0 aromatic carbocycles. The van der Waals surface area contributed by atoms with Crippen LogP contribution in [-0.2, 0) is 38.0 Å². The molecule has 0 spiro atoms. The minimum Gasteiger partial charge on any atom is -0.472 e. The highest BCUT2D eigenvalue weighted by molar-refractivity contribution is 5.91. The molecular formula is C33H46O16. The van der Waals surface area contributed by atoms with E-state index in [2.05, 4.69) is 0 Å². The molecule has 16 nitrogen and oxygen atoms in total. The van der Waals surface area contributed by atoms with Crippen molar-refractivity contribution in [3.05, 3.63) is 35.8 Å². The maximum absolute atomic E-state index is 13.4. The van der Waals surface area contributed by atoms with Gasteiger partial charge in [0.1, 0.15) is 54.9 Å². The van der Waals surface area contributed by atoms with Crippen molar-refractivity contribution in [2.24, 2.45) is 22.7 Å². The van der Waals surface area contributed by atoms with Crippen molar-refractivity contribution < 1.29 is 78.2 Å². The van der Waals surface area contributed by atoms with Gasteiger partial charge in [-0.1, -0.05) is 19.9 Å². The summed E-state index contributed by atoms with van der Waals surface area (Å²) in [5, 5.41) is 72.6. The molecule has 4 heterocycles. The molecule has 2 aliphatic carbocycles. The van der Waals surface area contributed by atoms with Crippen molar-refractivity contribution in [1.29, 1.82) is 0 Å². The molecule has 1 saturated carbocycles. The highest BCUT2D eigenvalue weighted by Crippen LogP contribution is 2.66. The number of hydrogen-bond donors (Lipinski definition) is 7. The number of hydrogen-bond acceptors (Lipinski definition) is 16. The fraction of sp³-hybridized carbons (Fsp3) is 0.758. The molecule has 0 unspecified atom stereocenters. The van der Waals surface area contributed by atoms with E-state index in [0.29, 0.717) is 30.4 Å². The zero-order chi connectivity index (χ0) is 35.4. The summed E-state index contributed by atoms with van der Waals surface area (Å²) in [6.07, 6.45) is -10.7. The average Bonchev–Trinajstić information content (AvgIpc) is 3.76. The van der Waals surface area contributed by atoms with Crippen molar-refractivity contribution in [3.63, 3.8) is 0 Å². The van der Waals surface area contributed by atoms with E-state index < -0.39 is 110 Å². The molecule has 4 fully saturated rings. The zero-order valence-electron chi connectivity index (χ0n) is 27.4. The molecule has 7 N–H and O–H groups in total. The van der Waals surface area contributed by atoms with Crippen LogP contribution >= 0.6 is 0 Å². The summed E-state index contributed by atoms with van der Waals surface area (Å²) < 4.78 is 39.7. The Morgan fingerprint density at radius 2 is 1.65 bits per heavy atom. The molecule has 0 amide bonds. The van der Waals surface area contributed by atoms with Crippen molar-refractivity contribution >= 4 is 11.9 Å². The molecule has 2 bridgehead atoms. The quantitative estimate of drug-likeness (QED) is 0.142. The monoisotopic (exact) mass is 698 g/mol. The van der Waals surface area contributed by atoms with E-state index in [1.165, 1.54) is 19.6 Å². The van der Waals surface area contributed by atoms with Gasteiger partial charge in [0.05, 0.1) is 44.9 Å². The SMILES string of the molecule is COC(=O)C1=CCC[C@H]2[C@](C)(C[C@@H](O[C@@H]3O[C@H](CO[C@@H]4O[C@H](CO)[C@@H](O)[C@H](O)[C@H]4O)[C@@H](O)[C@H](O)[C@H]3O)c3ccoc3)[C@H]3C[C@H](OC3=O)[C@@]12C. The number of methoxy groups -OCH3 is 1. The normalized spacial score (nSPS) is 45.6. The lowest BCUT2D eigenvalue weighted by molar-refractivity contribution is -0.337. The minimum atomic E-state index is -1.77. The molecule has 274 valence electrons. The molecule has 16 heteroatoms. The number of esters is 2. The van der Waals surface area contributed by atoms with Gasteiger partial charge >= 0.3 is 11.9 Å². The van der Waals surface area contributed by atoms with E-state index in [9.17, 15) is 45.3 Å². The second-order valence-electron chi connectivity index (χ2n) is 14.2. The van der Waals surface area contributed by atoms with E-state index in [0.717, 1.165) is 0 Å². The van der Waals surface area contributed by atoms with Crippen molar-refractivity contribution in [2.45, 2.75) is 113 Å². The van der Waals surface area contributed by atoms with Gasteiger partial charge in [0, 0.05) is 16.6 Å². The van der Waals surface area contributed by atoms with Gasteiger partial charge in [-0.3, -0.25) is 4.79 Å².